The first kappa shape index (κ1) is 14.5. The minimum Gasteiger partial charge on any atom is -0.481 e. The predicted octanol–water partition coefficient (Wildman–Crippen LogP) is 3.96. The van der Waals surface area contributed by atoms with E-state index in [-0.39, 0.29) is 12.2 Å². The average molecular weight is 362 g/mol. The number of carboxylic acids is 1. The van der Waals surface area contributed by atoms with Gasteiger partial charge in [0, 0.05) is 11.1 Å². The van der Waals surface area contributed by atoms with E-state index in [0.29, 0.717) is 15.9 Å². The Morgan fingerprint density at radius 3 is 3.00 bits per heavy atom. The van der Waals surface area contributed by atoms with E-state index in [0.717, 1.165) is 9.90 Å². The standard InChI is InChI=1S/C12H9BrFNO2S2/c13-9-3-7(1-2-10(9)14)5-18-12-15-8(6-19-12)4-11(16)17/h1-3,6H,4-5H2,(H,16,17). The second kappa shape index (κ2) is 6.49. The van der Waals surface area contributed by atoms with E-state index in [9.17, 15) is 9.18 Å². The molecule has 2 aromatic rings. The number of aromatic nitrogens is 1. The van der Waals surface area contributed by atoms with Crippen LogP contribution in [0.2, 0.25) is 0 Å². The number of thiazole rings is 1. The Morgan fingerprint density at radius 2 is 2.32 bits per heavy atom. The summed E-state index contributed by atoms with van der Waals surface area (Å²) < 4.78 is 14.3. The molecule has 0 radical (unpaired) electrons. The van der Waals surface area contributed by atoms with Gasteiger partial charge in [0.05, 0.1) is 16.6 Å². The van der Waals surface area contributed by atoms with Gasteiger partial charge in [-0.25, -0.2) is 9.37 Å². The Hall–Kier alpha value is -0.920. The summed E-state index contributed by atoms with van der Waals surface area (Å²) in [7, 11) is 0. The van der Waals surface area contributed by atoms with Crippen LogP contribution in [-0.4, -0.2) is 16.1 Å². The van der Waals surface area contributed by atoms with Crippen molar-refractivity contribution in [3.63, 3.8) is 0 Å². The summed E-state index contributed by atoms with van der Waals surface area (Å²) in [5.41, 5.74) is 1.55. The van der Waals surface area contributed by atoms with Gasteiger partial charge in [-0.05, 0) is 33.6 Å². The molecule has 0 aliphatic heterocycles. The van der Waals surface area contributed by atoms with Gasteiger partial charge in [0.15, 0.2) is 0 Å². The number of halogens is 2. The van der Waals surface area contributed by atoms with Crippen molar-refractivity contribution in [1.29, 1.82) is 0 Å². The molecule has 0 bridgehead atoms. The fraction of sp³-hybridized carbons (Fsp3) is 0.167. The molecule has 1 aromatic heterocycles. The lowest BCUT2D eigenvalue weighted by Crippen LogP contribution is -1.99. The van der Waals surface area contributed by atoms with Crippen molar-refractivity contribution >= 4 is 45.0 Å². The van der Waals surface area contributed by atoms with E-state index in [1.807, 2.05) is 0 Å². The van der Waals surface area contributed by atoms with Crippen LogP contribution in [0, 0.1) is 5.82 Å². The largest absolute Gasteiger partial charge is 0.481 e. The zero-order valence-corrected chi connectivity index (χ0v) is 12.8. The summed E-state index contributed by atoms with van der Waals surface area (Å²) in [5.74, 6) is -0.505. The first-order chi connectivity index (χ1) is 9.04. The van der Waals surface area contributed by atoms with Crippen LogP contribution in [0.1, 0.15) is 11.3 Å². The van der Waals surface area contributed by atoms with Gasteiger partial charge in [-0.3, -0.25) is 4.79 Å². The molecule has 1 heterocycles. The van der Waals surface area contributed by atoms with E-state index in [4.69, 9.17) is 5.11 Å². The Labute approximate surface area is 126 Å². The lowest BCUT2D eigenvalue weighted by atomic mass is 10.2. The van der Waals surface area contributed by atoms with E-state index >= 15 is 0 Å². The maximum atomic E-state index is 13.1. The van der Waals surface area contributed by atoms with Crippen LogP contribution in [0.15, 0.2) is 32.4 Å². The lowest BCUT2D eigenvalue weighted by molar-refractivity contribution is -0.136. The van der Waals surface area contributed by atoms with Crippen molar-refractivity contribution in [2.24, 2.45) is 0 Å². The number of hydrogen-bond donors (Lipinski definition) is 1. The third-order valence-electron chi connectivity index (χ3n) is 2.21. The Bertz CT molecular complexity index is 603. The van der Waals surface area contributed by atoms with E-state index in [1.54, 1.807) is 17.5 Å². The van der Waals surface area contributed by atoms with Gasteiger partial charge in [-0.1, -0.05) is 17.8 Å². The number of hydrogen-bond acceptors (Lipinski definition) is 4. The molecule has 3 nitrogen and oxygen atoms in total. The van der Waals surface area contributed by atoms with Gasteiger partial charge in [0.2, 0.25) is 0 Å². The van der Waals surface area contributed by atoms with Crippen molar-refractivity contribution in [1.82, 2.24) is 4.98 Å². The van der Waals surface area contributed by atoms with Gasteiger partial charge >= 0.3 is 5.97 Å². The summed E-state index contributed by atoms with van der Waals surface area (Å²) in [4.78, 5) is 14.8. The highest BCUT2D eigenvalue weighted by Gasteiger charge is 2.07. The summed E-state index contributed by atoms with van der Waals surface area (Å²) in [5, 5.41) is 10.4. The summed E-state index contributed by atoms with van der Waals surface area (Å²) in [6.07, 6.45) is -0.0564. The molecule has 0 saturated carbocycles. The average Bonchev–Trinajstić information content (AvgIpc) is 2.77. The van der Waals surface area contributed by atoms with Crippen LogP contribution < -0.4 is 0 Å². The predicted molar refractivity (Wildman–Crippen MR) is 77.1 cm³/mol. The first-order valence-electron chi connectivity index (χ1n) is 5.27. The third kappa shape index (κ3) is 4.29. The summed E-state index contributed by atoms with van der Waals surface area (Å²) in [6, 6.07) is 4.87. The van der Waals surface area contributed by atoms with Gasteiger partial charge < -0.3 is 5.11 Å². The fourth-order valence-corrected chi connectivity index (χ4v) is 3.58. The Balaban J connectivity index is 1.96. The molecular weight excluding hydrogens is 353 g/mol. The van der Waals surface area contributed by atoms with Crippen LogP contribution in [0.3, 0.4) is 0 Å². The highest BCUT2D eigenvalue weighted by molar-refractivity contribution is 9.10. The smallest absolute Gasteiger partial charge is 0.309 e. The molecule has 0 aliphatic rings. The minimum absolute atomic E-state index is 0.0564. The van der Waals surface area contributed by atoms with Crippen LogP contribution in [0.25, 0.3) is 0 Å². The molecule has 0 atom stereocenters. The quantitative estimate of drug-likeness (QED) is 0.818. The lowest BCUT2D eigenvalue weighted by Gasteiger charge is -2.00. The maximum Gasteiger partial charge on any atom is 0.309 e. The topological polar surface area (TPSA) is 50.2 Å². The minimum atomic E-state index is -0.885. The Morgan fingerprint density at radius 1 is 1.53 bits per heavy atom. The van der Waals surface area contributed by atoms with Crippen molar-refractivity contribution in [2.45, 2.75) is 16.5 Å². The summed E-state index contributed by atoms with van der Waals surface area (Å²) >= 11 is 6.07. The molecule has 0 aliphatic carbocycles. The van der Waals surface area contributed by atoms with Crippen LogP contribution in [0.4, 0.5) is 4.39 Å². The van der Waals surface area contributed by atoms with Crippen molar-refractivity contribution < 1.29 is 14.3 Å². The summed E-state index contributed by atoms with van der Waals surface area (Å²) in [6.45, 7) is 0. The van der Waals surface area contributed by atoms with Crippen molar-refractivity contribution in [3.8, 4) is 0 Å². The molecule has 7 heteroatoms. The van der Waals surface area contributed by atoms with E-state index < -0.39 is 5.97 Å². The molecular formula is C12H9BrFNO2S2. The molecule has 19 heavy (non-hydrogen) atoms. The Kier molecular flexibility index (Phi) is 4.95. The second-order valence-corrected chi connectivity index (χ2v) is 6.65. The number of benzene rings is 1. The molecule has 100 valence electrons. The number of thioether (sulfide) groups is 1. The maximum absolute atomic E-state index is 13.1. The molecule has 0 amide bonds. The number of nitrogens with zero attached hydrogens (tertiary/aromatic N) is 1. The number of aliphatic carboxylic acids is 1. The zero-order chi connectivity index (χ0) is 13.8. The van der Waals surface area contributed by atoms with E-state index in [2.05, 4.69) is 20.9 Å². The highest BCUT2D eigenvalue weighted by atomic mass is 79.9. The van der Waals surface area contributed by atoms with Crippen LogP contribution in [-0.2, 0) is 17.0 Å². The monoisotopic (exact) mass is 361 g/mol. The molecule has 0 spiro atoms. The number of carbonyl (C=O) groups is 1. The van der Waals surface area contributed by atoms with Gasteiger partial charge in [0.1, 0.15) is 10.2 Å². The van der Waals surface area contributed by atoms with Crippen molar-refractivity contribution in [2.75, 3.05) is 0 Å². The second-order valence-electron chi connectivity index (χ2n) is 3.71. The zero-order valence-electron chi connectivity index (χ0n) is 9.60. The van der Waals surface area contributed by atoms with Crippen LogP contribution in [0.5, 0.6) is 0 Å². The molecule has 0 unspecified atom stereocenters. The molecule has 0 fully saturated rings. The van der Waals surface area contributed by atoms with Gasteiger partial charge in [-0.2, -0.15) is 0 Å². The SMILES string of the molecule is O=C(O)Cc1csc(SCc2ccc(F)c(Br)c2)n1. The molecule has 0 saturated heterocycles. The normalized spacial score (nSPS) is 10.6. The van der Waals surface area contributed by atoms with Crippen molar-refractivity contribution in [3.05, 3.63) is 45.1 Å². The van der Waals surface area contributed by atoms with Crippen LogP contribution >= 0.6 is 39.0 Å². The highest BCUT2D eigenvalue weighted by Crippen LogP contribution is 2.27. The molecule has 1 aromatic carbocycles. The molecule has 1 N–H and O–H groups in total. The van der Waals surface area contributed by atoms with Gasteiger partial charge in [0.25, 0.3) is 0 Å². The number of carboxylic acid groups (broad SMARTS) is 1. The fourth-order valence-electron chi connectivity index (χ4n) is 1.37. The number of rotatable bonds is 5. The first-order valence-corrected chi connectivity index (χ1v) is 7.93. The third-order valence-corrected chi connectivity index (χ3v) is 4.96. The van der Waals surface area contributed by atoms with Gasteiger partial charge in [-0.15, -0.1) is 11.3 Å². The molecule has 2 rings (SSSR count). The van der Waals surface area contributed by atoms with E-state index in [1.165, 1.54) is 29.2 Å².